The molecular weight excluding hydrogens is 94.0 g/mol. The summed E-state index contributed by atoms with van der Waals surface area (Å²) < 4.78 is 0. The van der Waals surface area contributed by atoms with E-state index in [4.69, 9.17) is 10.8 Å². The van der Waals surface area contributed by atoms with Gasteiger partial charge >= 0.3 is 0 Å². The number of Topliss-reactive ketones (excluding diaryl/α,β-unsaturated/α-hetero) is 1. The molecule has 3 N–H and O–H groups in total. The van der Waals surface area contributed by atoms with Gasteiger partial charge in [-0.3, -0.25) is 4.79 Å². The van der Waals surface area contributed by atoms with Crippen molar-refractivity contribution in [2.45, 2.75) is 6.42 Å². The number of carbonyl (C=O) groups is 1. The number of aliphatic hydroxyl groups is 1. The molecule has 0 amide bonds. The van der Waals surface area contributed by atoms with Crippen molar-refractivity contribution >= 4 is 5.78 Å². The molecule has 3 heteroatoms. The summed E-state index contributed by atoms with van der Waals surface area (Å²) in [6.45, 7) is -0.0450. The SMILES string of the molecule is NCC(=O)CCO. The Morgan fingerprint density at radius 1 is 1.71 bits per heavy atom. The van der Waals surface area contributed by atoms with Gasteiger partial charge in [-0.15, -0.1) is 0 Å². The molecule has 0 bridgehead atoms. The molecular formula is C4H9NO2. The zero-order valence-corrected chi connectivity index (χ0v) is 4.05. The summed E-state index contributed by atoms with van der Waals surface area (Å²) in [7, 11) is 0. The fourth-order valence-corrected chi connectivity index (χ4v) is 0.227. The quantitative estimate of drug-likeness (QED) is 0.476. The number of aliphatic hydroxyl groups excluding tert-OH is 1. The molecule has 0 spiro atoms. The van der Waals surface area contributed by atoms with Crippen LogP contribution >= 0.6 is 0 Å². The van der Waals surface area contributed by atoms with Crippen LogP contribution in [0, 0.1) is 0 Å². The van der Waals surface area contributed by atoms with Crippen molar-refractivity contribution in [2.75, 3.05) is 13.2 Å². The van der Waals surface area contributed by atoms with Gasteiger partial charge in [0.15, 0.2) is 0 Å². The van der Waals surface area contributed by atoms with Gasteiger partial charge < -0.3 is 10.8 Å². The minimum atomic E-state index is -0.0949. The lowest BCUT2D eigenvalue weighted by Gasteiger charge is -1.87. The van der Waals surface area contributed by atoms with E-state index >= 15 is 0 Å². The fraction of sp³-hybridized carbons (Fsp3) is 0.750. The van der Waals surface area contributed by atoms with Gasteiger partial charge in [0.25, 0.3) is 0 Å². The van der Waals surface area contributed by atoms with E-state index in [1.165, 1.54) is 0 Å². The van der Waals surface area contributed by atoms with E-state index in [0.29, 0.717) is 0 Å². The molecule has 0 aromatic heterocycles. The number of ketones is 1. The monoisotopic (exact) mass is 103 g/mol. The summed E-state index contributed by atoms with van der Waals surface area (Å²) in [6.07, 6.45) is 0.191. The molecule has 0 unspecified atom stereocenters. The zero-order chi connectivity index (χ0) is 5.70. The average Bonchev–Trinajstić information content (AvgIpc) is 1.68. The Morgan fingerprint density at radius 3 is 2.43 bits per heavy atom. The average molecular weight is 103 g/mol. The summed E-state index contributed by atoms with van der Waals surface area (Å²) in [5, 5.41) is 8.09. The fourth-order valence-electron chi connectivity index (χ4n) is 0.227. The highest BCUT2D eigenvalue weighted by molar-refractivity contribution is 5.80. The predicted octanol–water partition coefficient (Wildman–Crippen LogP) is -1.10. The molecule has 0 atom stereocenters. The van der Waals surface area contributed by atoms with Crippen molar-refractivity contribution in [2.24, 2.45) is 5.73 Å². The summed E-state index contributed by atoms with van der Waals surface area (Å²) in [5.41, 5.74) is 4.90. The number of hydrogen-bond acceptors (Lipinski definition) is 3. The highest BCUT2D eigenvalue weighted by Crippen LogP contribution is 1.74. The molecule has 42 valence electrons. The third kappa shape index (κ3) is 3.42. The first-order chi connectivity index (χ1) is 3.31. The Bertz CT molecular complexity index is 62.7. The Labute approximate surface area is 42.1 Å². The van der Waals surface area contributed by atoms with Crippen molar-refractivity contribution in [1.29, 1.82) is 0 Å². The summed E-state index contributed by atoms with van der Waals surface area (Å²) >= 11 is 0. The first-order valence-electron chi connectivity index (χ1n) is 2.14. The van der Waals surface area contributed by atoms with Crippen molar-refractivity contribution in [3.05, 3.63) is 0 Å². The van der Waals surface area contributed by atoms with Crippen molar-refractivity contribution in [3.8, 4) is 0 Å². The lowest BCUT2D eigenvalue weighted by atomic mass is 10.3. The smallest absolute Gasteiger partial charge is 0.148 e. The molecule has 7 heavy (non-hydrogen) atoms. The number of carbonyl (C=O) groups excluding carboxylic acids is 1. The summed E-state index contributed by atoms with van der Waals surface area (Å²) in [4.78, 5) is 10.1. The van der Waals surface area contributed by atoms with Gasteiger partial charge in [-0.25, -0.2) is 0 Å². The first kappa shape index (κ1) is 6.59. The topological polar surface area (TPSA) is 63.3 Å². The maximum Gasteiger partial charge on any atom is 0.148 e. The van der Waals surface area contributed by atoms with Crippen LogP contribution in [0.5, 0.6) is 0 Å². The molecule has 0 aromatic carbocycles. The molecule has 3 nitrogen and oxygen atoms in total. The van der Waals surface area contributed by atoms with Gasteiger partial charge in [-0.05, 0) is 0 Å². The molecule has 0 rings (SSSR count). The largest absolute Gasteiger partial charge is 0.396 e. The van der Waals surface area contributed by atoms with Crippen LogP contribution in [0.1, 0.15) is 6.42 Å². The lowest BCUT2D eigenvalue weighted by molar-refractivity contribution is -0.118. The van der Waals surface area contributed by atoms with E-state index in [1.54, 1.807) is 0 Å². The van der Waals surface area contributed by atoms with Gasteiger partial charge in [0, 0.05) is 6.42 Å². The van der Waals surface area contributed by atoms with E-state index < -0.39 is 0 Å². The number of rotatable bonds is 3. The van der Waals surface area contributed by atoms with Gasteiger partial charge in [0.2, 0.25) is 0 Å². The maximum atomic E-state index is 10.1. The molecule has 0 fully saturated rings. The summed E-state index contributed by atoms with van der Waals surface area (Å²) in [6, 6.07) is 0. The normalized spacial score (nSPS) is 8.86. The van der Waals surface area contributed by atoms with Crippen LogP contribution in [-0.4, -0.2) is 24.0 Å². The molecule has 0 saturated carbocycles. The standard InChI is InChI=1S/C4H9NO2/c5-3-4(7)1-2-6/h6H,1-3,5H2. The van der Waals surface area contributed by atoms with Gasteiger partial charge in [-0.1, -0.05) is 0 Å². The molecule has 0 aromatic rings. The Hall–Kier alpha value is -0.410. The Kier molecular flexibility index (Phi) is 3.55. The third-order valence-electron chi connectivity index (χ3n) is 0.618. The van der Waals surface area contributed by atoms with E-state index in [-0.39, 0.29) is 25.4 Å². The minimum absolute atomic E-state index is 0.0422. The highest BCUT2D eigenvalue weighted by atomic mass is 16.3. The van der Waals surface area contributed by atoms with Crippen LogP contribution in [0.2, 0.25) is 0 Å². The van der Waals surface area contributed by atoms with Crippen LogP contribution in [0.25, 0.3) is 0 Å². The van der Waals surface area contributed by atoms with Crippen LogP contribution in [0.4, 0.5) is 0 Å². The van der Waals surface area contributed by atoms with Gasteiger partial charge in [0.05, 0.1) is 13.2 Å². The van der Waals surface area contributed by atoms with Crippen molar-refractivity contribution < 1.29 is 9.90 Å². The predicted molar refractivity (Wildman–Crippen MR) is 25.8 cm³/mol. The van der Waals surface area contributed by atoms with Crippen LogP contribution in [-0.2, 0) is 4.79 Å². The lowest BCUT2D eigenvalue weighted by Crippen LogP contribution is -2.13. The van der Waals surface area contributed by atoms with Crippen LogP contribution in [0.3, 0.4) is 0 Å². The molecule has 0 heterocycles. The molecule has 0 aliphatic carbocycles. The van der Waals surface area contributed by atoms with E-state index in [1.807, 2.05) is 0 Å². The Balaban J connectivity index is 3.00. The number of nitrogens with two attached hydrogens (primary N) is 1. The minimum Gasteiger partial charge on any atom is -0.396 e. The van der Waals surface area contributed by atoms with E-state index in [0.717, 1.165) is 0 Å². The summed E-state index contributed by atoms with van der Waals surface area (Å²) in [5.74, 6) is -0.0949. The third-order valence-corrected chi connectivity index (χ3v) is 0.618. The second-order valence-corrected chi connectivity index (χ2v) is 1.22. The maximum absolute atomic E-state index is 10.1. The van der Waals surface area contributed by atoms with E-state index in [9.17, 15) is 4.79 Å². The van der Waals surface area contributed by atoms with Gasteiger partial charge in [0.1, 0.15) is 5.78 Å². The first-order valence-corrected chi connectivity index (χ1v) is 2.14. The van der Waals surface area contributed by atoms with Crippen LogP contribution < -0.4 is 5.73 Å². The van der Waals surface area contributed by atoms with Gasteiger partial charge in [-0.2, -0.15) is 0 Å². The zero-order valence-electron chi connectivity index (χ0n) is 4.05. The molecule has 0 saturated heterocycles. The van der Waals surface area contributed by atoms with Crippen LogP contribution in [0.15, 0.2) is 0 Å². The molecule has 0 radical (unpaired) electrons. The second kappa shape index (κ2) is 3.77. The molecule has 0 aliphatic heterocycles. The number of hydrogen-bond donors (Lipinski definition) is 2. The van der Waals surface area contributed by atoms with Crippen molar-refractivity contribution in [3.63, 3.8) is 0 Å². The Morgan fingerprint density at radius 2 is 2.29 bits per heavy atom. The second-order valence-electron chi connectivity index (χ2n) is 1.22. The molecule has 0 aliphatic rings. The van der Waals surface area contributed by atoms with Crippen molar-refractivity contribution in [1.82, 2.24) is 0 Å². The highest BCUT2D eigenvalue weighted by Gasteiger charge is 1.92. The van der Waals surface area contributed by atoms with E-state index in [2.05, 4.69) is 0 Å².